The lowest BCUT2D eigenvalue weighted by Gasteiger charge is -2.48. The number of nitrogens with one attached hydrogen (secondary N) is 3. The Morgan fingerprint density at radius 3 is 2.61 bits per heavy atom. The summed E-state index contributed by atoms with van der Waals surface area (Å²) in [6, 6.07) is 3.03. The SMILES string of the molecule is CN1C(=O)c2c(O)c(=O)c(C(=N)SC(=N)Cc3ccc(F)cc3F)cn2CC12CCNCC2. The van der Waals surface area contributed by atoms with Gasteiger partial charge >= 0.3 is 0 Å². The van der Waals surface area contributed by atoms with Gasteiger partial charge in [0.25, 0.3) is 5.91 Å². The number of piperidine rings is 1. The van der Waals surface area contributed by atoms with Crippen LogP contribution >= 0.6 is 11.8 Å². The minimum absolute atomic E-state index is 0.0909. The lowest BCUT2D eigenvalue weighted by molar-refractivity contribution is 0.0285. The maximum atomic E-state index is 13.9. The molecule has 11 heteroatoms. The maximum Gasteiger partial charge on any atom is 0.274 e. The summed E-state index contributed by atoms with van der Waals surface area (Å²) in [5.74, 6) is -2.71. The molecule has 4 N–H and O–H groups in total. The minimum Gasteiger partial charge on any atom is -0.503 e. The van der Waals surface area contributed by atoms with Gasteiger partial charge in [-0.2, -0.15) is 0 Å². The van der Waals surface area contributed by atoms with E-state index in [-0.39, 0.29) is 33.3 Å². The molecule has 174 valence electrons. The predicted octanol–water partition coefficient (Wildman–Crippen LogP) is 2.32. The molecule has 3 heterocycles. The second-order valence-corrected chi connectivity index (χ2v) is 9.41. The number of rotatable bonds is 3. The fraction of sp³-hybridized carbons (Fsp3) is 0.364. The number of hydrogen-bond donors (Lipinski definition) is 4. The summed E-state index contributed by atoms with van der Waals surface area (Å²) in [7, 11) is 1.67. The number of carbonyl (C=O) groups excluding carboxylic acids is 1. The normalized spacial score (nSPS) is 17.2. The molecule has 1 saturated heterocycles. The zero-order chi connectivity index (χ0) is 23.9. The number of nitrogens with zero attached hydrogens (tertiary/aromatic N) is 2. The first-order chi connectivity index (χ1) is 15.6. The predicted molar refractivity (Wildman–Crippen MR) is 122 cm³/mol. The smallest absolute Gasteiger partial charge is 0.274 e. The van der Waals surface area contributed by atoms with Crippen molar-refractivity contribution in [2.45, 2.75) is 31.3 Å². The zero-order valence-corrected chi connectivity index (χ0v) is 18.7. The highest BCUT2D eigenvalue weighted by molar-refractivity contribution is 8.26. The van der Waals surface area contributed by atoms with Gasteiger partial charge in [-0.25, -0.2) is 8.78 Å². The van der Waals surface area contributed by atoms with E-state index in [4.69, 9.17) is 10.8 Å². The van der Waals surface area contributed by atoms with Crippen molar-refractivity contribution in [1.82, 2.24) is 14.8 Å². The monoisotopic (exact) mass is 475 g/mol. The van der Waals surface area contributed by atoms with Crippen molar-refractivity contribution < 1.29 is 18.7 Å². The third-order valence-corrected chi connectivity index (χ3v) is 7.12. The fourth-order valence-corrected chi connectivity index (χ4v) is 5.13. The molecular weight excluding hydrogens is 452 g/mol. The minimum atomic E-state index is -0.873. The molecule has 0 atom stereocenters. The number of benzene rings is 1. The Morgan fingerprint density at radius 1 is 1.24 bits per heavy atom. The third kappa shape index (κ3) is 4.18. The van der Waals surface area contributed by atoms with Crippen LogP contribution in [0.1, 0.15) is 34.5 Å². The van der Waals surface area contributed by atoms with Gasteiger partial charge in [0.05, 0.1) is 16.1 Å². The lowest BCUT2D eigenvalue weighted by atomic mass is 9.84. The number of pyridine rings is 1. The molecule has 0 aliphatic carbocycles. The Hall–Kier alpha value is -3.05. The van der Waals surface area contributed by atoms with Crippen molar-refractivity contribution in [3.63, 3.8) is 0 Å². The van der Waals surface area contributed by atoms with Gasteiger partial charge in [0.2, 0.25) is 5.43 Å². The number of fused-ring (bicyclic) bond motifs is 1. The first kappa shape index (κ1) is 23.1. The Morgan fingerprint density at radius 2 is 1.94 bits per heavy atom. The summed E-state index contributed by atoms with van der Waals surface area (Å²) in [6.07, 6.45) is 2.61. The molecule has 33 heavy (non-hydrogen) atoms. The zero-order valence-electron chi connectivity index (χ0n) is 17.9. The Labute approximate surface area is 192 Å². The van der Waals surface area contributed by atoms with Gasteiger partial charge in [0, 0.05) is 32.3 Å². The number of thioether (sulfide) groups is 1. The quantitative estimate of drug-likeness (QED) is 0.401. The van der Waals surface area contributed by atoms with Gasteiger partial charge in [-0.3, -0.25) is 20.4 Å². The molecule has 1 fully saturated rings. The van der Waals surface area contributed by atoms with Crippen molar-refractivity contribution in [1.29, 1.82) is 10.8 Å². The van der Waals surface area contributed by atoms with E-state index < -0.39 is 34.3 Å². The molecule has 0 bridgehead atoms. The van der Waals surface area contributed by atoms with E-state index in [1.54, 1.807) is 11.9 Å². The highest BCUT2D eigenvalue weighted by atomic mass is 32.2. The molecule has 0 unspecified atom stereocenters. The third-order valence-electron chi connectivity index (χ3n) is 6.31. The van der Waals surface area contributed by atoms with Crippen molar-refractivity contribution in [2.75, 3.05) is 20.1 Å². The number of carbonyl (C=O) groups is 1. The number of aromatic hydroxyl groups is 1. The maximum absolute atomic E-state index is 13.9. The van der Waals surface area contributed by atoms with Crippen molar-refractivity contribution in [2.24, 2.45) is 0 Å². The van der Waals surface area contributed by atoms with Gasteiger partial charge in [-0.1, -0.05) is 17.8 Å². The molecule has 2 aliphatic rings. The average Bonchev–Trinajstić information content (AvgIpc) is 2.77. The molecule has 0 saturated carbocycles. The van der Waals surface area contributed by atoms with Crippen LogP contribution < -0.4 is 10.7 Å². The number of amides is 1. The van der Waals surface area contributed by atoms with Crippen LogP contribution in [0.4, 0.5) is 8.78 Å². The van der Waals surface area contributed by atoms with Gasteiger partial charge in [-0.05, 0) is 37.6 Å². The molecule has 1 aromatic heterocycles. The summed E-state index contributed by atoms with van der Waals surface area (Å²) in [5, 5.41) is 29.8. The van der Waals surface area contributed by atoms with E-state index in [1.165, 1.54) is 16.8 Å². The Balaban J connectivity index is 1.61. The highest BCUT2D eigenvalue weighted by Gasteiger charge is 2.45. The lowest BCUT2D eigenvalue weighted by Crippen LogP contribution is -2.61. The summed E-state index contributed by atoms with van der Waals surface area (Å²) in [6.45, 7) is 1.83. The molecular formula is C22H23F2N5O3S. The van der Waals surface area contributed by atoms with Crippen LogP contribution in [0.2, 0.25) is 0 Å². The number of halogens is 2. The average molecular weight is 476 g/mol. The Kier molecular flexibility index (Phi) is 6.10. The molecule has 2 aliphatic heterocycles. The molecule has 1 amide bonds. The number of aromatic nitrogens is 1. The van der Waals surface area contributed by atoms with Gasteiger partial charge in [0.15, 0.2) is 11.4 Å². The van der Waals surface area contributed by atoms with Crippen LogP contribution in [0.15, 0.2) is 29.2 Å². The van der Waals surface area contributed by atoms with Crippen molar-refractivity contribution in [3.05, 3.63) is 63.1 Å². The van der Waals surface area contributed by atoms with E-state index >= 15 is 0 Å². The standard InChI is InChI=1S/C22H23F2N5O3S/c1-28-21(32)17-19(31)18(30)14(10-29(17)11-22(28)4-6-27-7-5-22)20(26)33-16(25)8-12-2-3-13(23)9-15(12)24/h2-3,9-10,25-27,31H,4-8,11H2,1H3. The molecule has 2 aromatic rings. The highest BCUT2D eigenvalue weighted by Crippen LogP contribution is 2.35. The summed E-state index contributed by atoms with van der Waals surface area (Å²) in [5.41, 5.74) is -1.50. The first-order valence-electron chi connectivity index (χ1n) is 10.4. The van der Waals surface area contributed by atoms with Crippen molar-refractivity contribution in [3.8, 4) is 5.75 Å². The van der Waals surface area contributed by atoms with Crippen molar-refractivity contribution >= 4 is 27.8 Å². The van der Waals surface area contributed by atoms with E-state index in [9.17, 15) is 23.5 Å². The van der Waals surface area contributed by atoms with E-state index in [2.05, 4.69) is 5.32 Å². The van der Waals surface area contributed by atoms with Crippen LogP contribution in [0.3, 0.4) is 0 Å². The molecule has 1 spiro atoms. The van der Waals surface area contributed by atoms with Gasteiger partial charge in [-0.15, -0.1) is 0 Å². The molecule has 0 radical (unpaired) electrons. The van der Waals surface area contributed by atoms with E-state index in [0.717, 1.165) is 25.2 Å². The summed E-state index contributed by atoms with van der Waals surface area (Å²) in [4.78, 5) is 27.4. The molecule has 1 aromatic carbocycles. The van der Waals surface area contributed by atoms with Crippen LogP contribution in [0.5, 0.6) is 5.75 Å². The Bertz CT molecular complexity index is 1220. The van der Waals surface area contributed by atoms with Crippen LogP contribution in [-0.2, 0) is 13.0 Å². The van der Waals surface area contributed by atoms with Gasteiger partial charge < -0.3 is 19.9 Å². The first-order valence-corrected chi connectivity index (χ1v) is 11.2. The van der Waals surface area contributed by atoms with E-state index in [1.807, 2.05) is 0 Å². The second-order valence-electron chi connectivity index (χ2n) is 8.30. The summed E-state index contributed by atoms with van der Waals surface area (Å²) < 4.78 is 28.5. The number of likely N-dealkylation sites (N-methyl/N-ethyl adjacent to an activating group) is 1. The largest absolute Gasteiger partial charge is 0.503 e. The fourth-order valence-electron chi connectivity index (χ4n) is 4.40. The van der Waals surface area contributed by atoms with E-state index in [0.29, 0.717) is 31.1 Å². The van der Waals surface area contributed by atoms with Crippen LogP contribution in [0.25, 0.3) is 0 Å². The number of hydrogen-bond acceptors (Lipinski definition) is 7. The van der Waals surface area contributed by atoms with Crippen LogP contribution in [-0.4, -0.2) is 56.2 Å². The topological polar surface area (TPSA) is 122 Å². The van der Waals surface area contributed by atoms with Crippen LogP contribution in [0, 0.1) is 22.5 Å². The second kappa shape index (κ2) is 8.71. The van der Waals surface area contributed by atoms with Gasteiger partial charge in [0.1, 0.15) is 16.7 Å². The molecule has 8 nitrogen and oxygen atoms in total. The summed E-state index contributed by atoms with van der Waals surface area (Å²) >= 11 is 0.639. The molecule has 4 rings (SSSR count).